The van der Waals surface area contributed by atoms with Gasteiger partial charge in [0, 0.05) is 17.4 Å². The fourth-order valence-corrected chi connectivity index (χ4v) is 4.22. The van der Waals surface area contributed by atoms with Crippen LogP contribution >= 0.6 is 0 Å². The van der Waals surface area contributed by atoms with Crippen LogP contribution in [0.4, 0.5) is 0 Å². The van der Waals surface area contributed by atoms with Gasteiger partial charge in [-0.2, -0.15) is 0 Å². The van der Waals surface area contributed by atoms with Crippen LogP contribution in [0.1, 0.15) is 61.8 Å². The molecule has 0 fully saturated rings. The van der Waals surface area contributed by atoms with E-state index in [0.717, 1.165) is 5.56 Å². The van der Waals surface area contributed by atoms with E-state index < -0.39 is 0 Å². The van der Waals surface area contributed by atoms with E-state index in [9.17, 15) is 5.11 Å². The first kappa shape index (κ1) is 19.2. The zero-order chi connectivity index (χ0) is 19.4. The average Bonchev–Trinajstić information content (AvgIpc) is 2.66. The van der Waals surface area contributed by atoms with Crippen LogP contribution < -0.4 is 0 Å². The molecule has 0 radical (unpaired) electrons. The second-order valence-corrected chi connectivity index (χ2v) is 8.08. The summed E-state index contributed by atoms with van der Waals surface area (Å²) >= 11 is 0. The van der Waals surface area contributed by atoms with Gasteiger partial charge in [-0.15, -0.1) is 0 Å². The Hall–Kier alpha value is -2.54. The Balaban J connectivity index is 2.10. The highest BCUT2D eigenvalue weighted by Gasteiger charge is 2.24. The zero-order valence-corrected chi connectivity index (χ0v) is 16.8. The third kappa shape index (κ3) is 4.24. The molecule has 0 amide bonds. The second kappa shape index (κ2) is 8.43. The van der Waals surface area contributed by atoms with E-state index in [-0.39, 0.29) is 5.92 Å². The molecule has 3 aromatic carbocycles. The van der Waals surface area contributed by atoms with Crippen molar-refractivity contribution in [2.24, 2.45) is 11.8 Å². The number of hydrogen-bond donors (Lipinski definition) is 1. The predicted molar refractivity (Wildman–Crippen MR) is 114 cm³/mol. The maximum Gasteiger partial charge on any atom is 0.119 e. The summed E-state index contributed by atoms with van der Waals surface area (Å²) in [6.07, 6.45) is 0. The molecule has 0 aliphatic heterocycles. The van der Waals surface area contributed by atoms with Gasteiger partial charge < -0.3 is 5.11 Å². The number of benzene rings is 3. The Morgan fingerprint density at radius 1 is 0.556 bits per heavy atom. The minimum absolute atomic E-state index is 0.176. The van der Waals surface area contributed by atoms with E-state index in [4.69, 9.17) is 0 Å². The number of hydrogen-bond acceptors (Lipinski definition) is 1. The molecule has 1 heteroatoms. The van der Waals surface area contributed by atoms with Crippen LogP contribution in [0.15, 0.2) is 78.9 Å². The third-order valence-electron chi connectivity index (χ3n) is 5.40. The molecule has 3 aromatic rings. The minimum atomic E-state index is 0.176. The van der Waals surface area contributed by atoms with Crippen molar-refractivity contribution < 1.29 is 5.11 Å². The molecule has 140 valence electrons. The van der Waals surface area contributed by atoms with Crippen LogP contribution in [-0.4, -0.2) is 5.11 Å². The Labute approximate surface area is 163 Å². The normalized spacial score (nSPS) is 13.7. The summed E-state index contributed by atoms with van der Waals surface area (Å²) in [6.45, 7) is 8.98. The first-order valence-electron chi connectivity index (χ1n) is 9.91. The van der Waals surface area contributed by atoms with Gasteiger partial charge in [0.1, 0.15) is 5.75 Å². The summed E-state index contributed by atoms with van der Waals surface area (Å²) in [6, 6.07) is 27.4. The highest BCUT2D eigenvalue weighted by Crippen LogP contribution is 2.40. The standard InChI is InChI=1S/C26H30O/c1-18(2)25(20-11-7-5-8-12-20)22-15-16-24(27)23(17-22)26(19(3)4)21-13-9-6-10-14-21/h5-19,25-27H,1-4H3. The summed E-state index contributed by atoms with van der Waals surface area (Å²) in [4.78, 5) is 0. The molecule has 1 N–H and O–H groups in total. The first-order valence-corrected chi connectivity index (χ1v) is 9.91. The van der Waals surface area contributed by atoms with Gasteiger partial charge in [-0.25, -0.2) is 0 Å². The molecule has 3 rings (SSSR count). The summed E-state index contributed by atoms with van der Waals surface area (Å²) < 4.78 is 0. The van der Waals surface area contributed by atoms with E-state index >= 15 is 0 Å². The molecule has 0 spiro atoms. The molecule has 0 saturated carbocycles. The van der Waals surface area contributed by atoms with Crippen LogP contribution in [0.3, 0.4) is 0 Å². The van der Waals surface area contributed by atoms with Crippen molar-refractivity contribution in [3.05, 3.63) is 101 Å². The van der Waals surface area contributed by atoms with Gasteiger partial charge >= 0.3 is 0 Å². The maximum atomic E-state index is 10.7. The zero-order valence-electron chi connectivity index (χ0n) is 16.8. The molecule has 0 aromatic heterocycles. The Bertz CT molecular complexity index is 850. The van der Waals surface area contributed by atoms with E-state index in [1.54, 1.807) is 0 Å². The largest absolute Gasteiger partial charge is 0.508 e. The lowest BCUT2D eigenvalue weighted by Crippen LogP contribution is -2.12. The summed E-state index contributed by atoms with van der Waals surface area (Å²) in [5, 5.41) is 10.7. The van der Waals surface area contributed by atoms with Gasteiger partial charge in [-0.05, 0) is 34.6 Å². The Morgan fingerprint density at radius 2 is 1.04 bits per heavy atom. The smallest absolute Gasteiger partial charge is 0.119 e. The van der Waals surface area contributed by atoms with Crippen molar-refractivity contribution in [1.82, 2.24) is 0 Å². The monoisotopic (exact) mass is 358 g/mol. The molecule has 27 heavy (non-hydrogen) atoms. The fourth-order valence-electron chi connectivity index (χ4n) is 4.22. The van der Waals surface area contributed by atoms with E-state index in [2.05, 4.69) is 94.4 Å². The van der Waals surface area contributed by atoms with Crippen molar-refractivity contribution >= 4 is 0 Å². The molecule has 2 unspecified atom stereocenters. The number of rotatable bonds is 6. The second-order valence-electron chi connectivity index (χ2n) is 8.08. The maximum absolute atomic E-state index is 10.7. The van der Waals surface area contributed by atoms with Gasteiger partial charge in [0.2, 0.25) is 0 Å². The van der Waals surface area contributed by atoms with Crippen LogP contribution in [0, 0.1) is 11.8 Å². The summed E-state index contributed by atoms with van der Waals surface area (Å²) in [7, 11) is 0. The average molecular weight is 359 g/mol. The minimum Gasteiger partial charge on any atom is -0.508 e. The lowest BCUT2D eigenvalue weighted by molar-refractivity contribution is 0.450. The van der Waals surface area contributed by atoms with Gasteiger partial charge in [0.05, 0.1) is 0 Å². The van der Waals surface area contributed by atoms with E-state index in [0.29, 0.717) is 23.5 Å². The molecule has 0 aliphatic carbocycles. The molecule has 1 nitrogen and oxygen atoms in total. The lowest BCUT2D eigenvalue weighted by atomic mass is 9.78. The fraction of sp³-hybridized carbons (Fsp3) is 0.308. The Kier molecular flexibility index (Phi) is 6.01. The SMILES string of the molecule is CC(C)C(c1ccccc1)c1ccc(O)c(C(c2ccccc2)C(C)C)c1. The van der Waals surface area contributed by atoms with Crippen LogP contribution in [0.25, 0.3) is 0 Å². The number of phenolic OH excluding ortho intramolecular Hbond substituents is 1. The third-order valence-corrected chi connectivity index (χ3v) is 5.40. The first-order chi connectivity index (χ1) is 13.0. The van der Waals surface area contributed by atoms with Gasteiger partial charge in [0.25, 0.3) is 0 Å². The van der Waals surface area contributed by atoms with E-state index in [1.807, 2.05) is 12.1 Å². The molecule has 0 saturated heterocycles. The lowest BCUT2D eigenvalue weighted by Gasteiger charge is -2.27. The van der Waals surface area contributed by atoms with Crippen LogP contribution in [0.5, 0.6) is 5.75 Å². The quantitative estimate of drug-likeness (QED) is 0.504. The van der Waals surface area contributed by atoms with Crippen LogP contribution in [-0.2, 0) is 0 Å². The molecular formula is C26H30O. The van der Waals surface area contributed by atoms with Gasteiger partial charge in [-0.1, -0.05) is 100 Å². The van der Waals surface area contributed by atoms with Crippen molar-refractivity contribution in [2.45, 2.75) is 39.5 Å². The Morgan fingerprint density at radius 3 is 1.52 bits per heavy atom. The molecule has 2 atom stereocenters. The molecule has 0 heterocycles. The van der Waals surface area contributed by atoms with Crippen LogP contribution in [0.2, 0.25) is 0 Å². The van der Waals surface area contributed by atoms with Crippen molar-refractivity contribution in [2.75, 3.05) is 0 Å². The number of aromatic hydroxyl groups is 1. The van der Waals surface area contributed by atoms with Crippen molar-refractivity contribution in [3.8, 4) is 5.75 Å². The summed E-state index contributed by atoms with van der Waals surface area (Å²) in [5.74, 6) is 1.74. The van der Waals surface area contributed by atoms with Crippen molar-refractivity contribution in [3.63, 3.8) is 0 Å². The molecule has 0 bridgehead atoms. The molecule has 0 aliphatic rings. The highest BCUT2D eigenvalue weighted by atomic mass is 16.3. The van der Waals surface area contributed by atoms with Gasteiger partial charge in [0.15, 0.2) is 0 Å². The van der Waals surface area contributed by atoms with Gasteiger partial charge in [-0.3, -0.25) is 0 Å². The molecular weight excluding hydrogens is 328 g/mol. The topological polar surface area (TPSA) is 20.2 Å². The number of phenols is 1. The van der Waals surface area contributed by atoms with Crippen molar-refractivity contribution in [1.29, 1.82) is 0 Å². The highest BCUT2D eigenvalue weighted by molar-refractivity contribution is 5.46. The van der Waals surface area contributed by atoms with E-state index in [1.165, 1.54) is 16.7 Å². The predicted octanol–water partition coefficient (Wildman–Crippen LogP) is 6.97. The summed E-state index contributed by atoms with van der Waals surface area (Å²) in [5.41, 5.74) is 4.87.